The highest BCUT2D eigenvalue weighted by Gasteiger charge is 2.43. The number of rotatable bonds is 7. The van der Waals surface area contributed by atoms with Crippen LogP contribution in [-0.4, -0.2) is 21.8 Å². The Bertz CT molecular complexity index is 1740. The standard InChI is InChI=1S/C34H31ClN4O2S/c1-21-22(2)38(26-9-7-8-24(35)20-26)23(3)31(21)33-32(30-10-5-6-19-36-30)37-34(42)39(33)25-11-13-28(14-12-25)41-29-17-15-27(40-4)16-18-29/h5-20,32-33H,1-4H3,(H,37,42)/t32-,33-/m1/s1. The number of thiocarbonyl (C=S) groups is 1. The molecule has 0 bridgehead atoms. The van der Waals surface area contributed by atoms with E-state index in [0.29, 0.717) is 10.1 Å². The second-order valence-corrected chi connectivity index (χ2v) is 11.1. The van der Waals surface area contributed by atoms with Gasteiger partial charge in [0.05, 0.1) is 24.9 Å². The van der Waals surface area contributed by atoms with Crippen LogP contribution in [-0.2, 0) is 0 Å². The first-order chi connectivity index (χ1) is 20.4. The summed E-state index contributed by atoms with van der Waals surface area (Å²) in [4.78, 5) is 6.93. The van der Waals surface area contributed by atoms with Gasteiger partial charge in [0, 0.05) is 39.5 Å². The first kappa shape index (κ1) is 27.8. The summed E-state index contributed by atoms with van der Waals surface area (Å²) in [7, 11) is 1.65. The lowest BCUT2D eigenvalue weighted by Crippen LogP contribution is -2.29. The Kier molecular flexibility index (Phi) is 7.62. The van der Waals surface area contributed by atoms with Crippen molar-refractivity contribution in [2.45, 2.75) is 32.9 Å². The fraction of sp³-hybridized carbons (Fsp3) is 0.176. The average Bonchev–Trinajstić information content (AvgIpc) is 3.45. The van der Waals surface area contributed by atoms with Crippen molar-refractivity contribution in [2.75, 3.05) is 12.0 Å². The van der Waals surface area contributed by atoms with Gasteiger partial charge >= 0.3 is 0 Å². The van der Waals surface area contributed by atoms with Gasteiger partial charge in [-0.25, -0.2) is 0 Å². The molecule has 0 amide bonds. The highest BCUT2D eigenvalue weighted by molar-refractivity contribution is 7.80. The molecule has 2 aromatic heterocycles. The Labute approximate surface area is 256 Å². The number of halogens is 1. The van der Waals surface area contributed by atoms with E-state index in [0.717, 1.165) is 45.7 Å². The number of nitrogens with one attached hydrogen (secondary N) is 1. The van der Waals surface area contributed by atoms with Gasteiger partial charge in [0.15, 0.2) is 5.11 Å². The van der Waals surface area contributed by atoms with Crippen molar-refractivity contribution in [3.63, 3.8) is 0 Å². The normalized spacial score (nSPS) is 16.4. The maximum absolute atomic E-state index is 6.40. The Morgan fingerprint density at radius 3 is 2.14 bits per heavy atom. The predicted molar refractivity (Wildman–Crippen MR) is 172 cm³/mol. The monoisotopic (exact) mass is 594 g/mol. The maximum Gasteiger partial charge on any atom is 0.174 e. The number of methoxy groups -OCH3 is 1. The van der Waals surface area contributed by atoms with Crippen molar-refractivity contribution >= 4 is 34.6 Å². The van der Waals surface area contributed by atoms with Crippen LogP contribution in [0.25, 0.3) is 5.69 Å². The zero-order chi connectivity index (χ0) is 29.4. The van der Waals surface area contributed by atoms with E-state index in [1.165, 1.54) is 11.1 Å². The second-order valence-electron chi connectivity index (χ2n) is 10.3. The molecule has 0 radical (unpaired) electrons. The summed E-state index contributed by atoms with van der Waals surface area (Å²) in [6.07, 6.45) is 1.83. The molecule has 8 heteroatoms. The maximum atomic E-state index is 6.40. The van der Waals surface area contributed by atoms with Crippen LogP contribution in [0.1, 0.15) is 40.3 Å². The van der Waals surface area contributed by atoms with Gasteiger partial charge in [-0.3, -0.25) is 4.98 Å². The molecule has 5 aromatic rings. The van der Waals surface area contributed by atoms with E-state index in [2.05, 4.69) is 41.6 Å². The van der Waals surface area contributed by atoms with Gasteiger partial charge in [-0.1, -0.05) is 23.7 Å². The quantitative estimate of drug-likeness (QED) is 0.191. The SMILES string of the molecule is COc1ccc(Oc2ccc(N3C(=S)N[C@H](c4ccccn4)[C@H]3c3c(C)c(C)n(-c4cccc(Cl)c4)c3C)cc2)cc1. The van der Waals surface area contributed by atoms with E-state index >= 15 is 0 Å². The van der Waals surface area contributed by atoms with Crippen LogP contribution in [0.2, 0.25) is 5.02 Å². The van der Waals surface area contributed by atoms with Crippen LogP contribution in [0.5, 0.6) is 17.2 Å². The summed E-state index contributed by atoms with van der Waals surface area (Å²) >= 11 is 12.4. The minimum atomic E-state index is -0.152. The number of benzene rings is 3. The first-order valence-electron chi connectivity index (χ1n) is 13.7. The van der Waals surface area contributed by atoms with Crippen LogP contribution in [0, 0.1) is 20.8 Å². The van der Waals surface area contributed by atoms with Gasteiger partial charge in [0.25, 0.3) is 0 Å². The van der Waals surface area contributed by atoms with E-state index in [1.54, 1.807) is 7.11 Å². The summed E-state index contributed by atoms with van der Waals surface area (Å²) < 4.78 is 13.6. The number of pyridine rings is 1. The van der Waals surface area contributed by atoms with Gasteiger partial charge in [0.2, 0.25) is 0 Å². The van der Waals surface area contributed by atoms with Crippen LogP contribution in [0.15, 0.2) is 97.2 Å². The smallest absolute Gasteiger partial charge is 0.174 e. The number of hydrogen-bond donors (Lipinski definition) is 1. The molecule has 1 aliphatic rings. The van der Waals surface area contributed by atoms with E-state index < -0.39 is 0 Å². The molecular formula is C34H31ClN4O2S. The molecule has 0 saturated carbocycles. The predicted octanol–water partition coefficient (Wildman–Crippen LogP) is 8.43. The molecule has 3 aromatic carbocycles. The summed E-state index contributed by atoms with van der Waals surface area (Å²) in [6.45, 7) is 6.50. The lowest BCUT2D eigenvalue weighted by molar-refractivity contribution is 0.413. The topological polar surface area (TPSA) is 51.6 Å². The minimum absolute atomic E-state index is 0.139. The van der Waals surface area contributed by atoms with Crippen molar-refractivity contribution in [3.05, 3.63) is 130 Å². The molecule has 0 aliphatic carbocycles. The Balaban J connectivity index is 1.42. The number of anilines is 1. The molecule has 1 aliphatic heterocycles. The molecule has 1 saturated heterocycles. The molecule has 0 spiro atoms. The van der Waals surface area contributed by atoms with Crippen LogP contribution in [0.3, 0.4) is 0 Å². The molecule has 1 N–H and O–H groups in total. The zero-order valence-electron chi connectivity index (χ0n) is 23.8. The van der Waals surface area contributed by atoms with Gasteiger partial charge in [-0.2, -0.15) is 0 Å². The average molecular weight is 595 g/mol. The Morgan fingerprint density at radius 1 is 0.810 bits per heavy atom. The zero-order valence-corrected chi connectivity index (χ0v) is 25.4. The van der Waals surface area contributed by atoms with Gasteiger partial charge in [-0.15, -0.1) is 0 Å². The largest absolute Gasteiger partial charge is 0.497 e. The molecule has 0 unspecified atom stereocenters. The van der Waals surface area contributed by atoms with Gasteiger partial charge < -0.3 is 24.3 Å². The van der Waals surface area contributed by atoms with Crippen molar-refractivity contribution < 1.29 is 9.47 Å². The molecule has 6 rings (SSSR count). The second kappa shape index (κ2) is 11.5. The molecule has 212 valence electrons. The van der Waals surface area contributed by atoms with Gasteiger partial charge in [0.1, 0.15) is 17.2 Å². The van der Waals surface area contributed by atoms with Crippen LogP contribution in [0.4, 0.5) is 5.69 Å². The van der Waals surface area contributed by atoms with E-state index in [-0.39, 0.29) is 12.1 Å². The first-order valence-corrected chi connectivity index (χ1v) is 14.5. The fourth-order valence-electron chi connectivity index (χ4n) is 5.83. The minimum Gasteiger partial charge on any atom is -0.497 e. The lowest BCUT2D eigenvalue weighted by Gasteiger charge is -2.29. The highest BCUT2D eigenvalue weighted by Crippen LogP contribution is 2.45. The number of ether oxygens (including phenoxy) is 2. The molecule has 1 fully saturated rings. The van der Waals surface area contributed by atoms with Crippen molar-refractivity contribution in [1.29, 1.82) is 0 Å². The lowest BCUT2D eigenvalue weighted by atomic mass is 9.93. The molecule has 2 atom stereocenters. The van der Waals surface area contributed by atoms with Crippen molar-refractivity contribution in [1.82, 2.24) is 14.9 Å². The van der Waals surface area contributed by atoms with E-state index in [1.807, 2.05) is 91.1 Å². The van der Waals surface area contributed by atoms with E-state index in [9.17, 15) is 0 Å². The molecule has 3 heterocycles. The summed E-state index contributed by atoms with van der Waals surface area (Å²) in [6, 6.07) is 29.2. The van der Waals surface area contributed by atoms with Gasteiger partial charge in [-0.05, 0) is 117 Å². The van der Waals surface area contributed by atoms with Crippen LogP contribution >= 0.6 is 23.8 Å². The third-order valence-electron chi connectivity index (χ3n) is 7.88. The third-order valence-corrected chi connectivity index (χ3v) is 8.43. The molecule has 42 heavy (non-hydrogen) atoms. The highest BCUT2D eigenvalue weighted by atomic mass is 35.5. The summed E-state index contributed by atoms with van der Waals surface area (Å²) in [5.74, 6) is 2.25. The molecule has 6 nitrogen and oxygen atoms in total. The van der Waals surface area contributed by atoms with Crippen molar-refractivity contribution in [2.24, 2.45) is 0 Å². The molecular weight excluding hydrogens is 564 g/mol. The van der Waals surface area contributed by atoms with E-state index in [4.69, 9.17) is 38.3 Å². The summed E-state index contributed by atoms with van der Waals surface area (Å²) in [5.41, 5.74) is 7.62. The number of nitrogens with zero attached hydrogens (tertiary/aromatic N) is 3. The van der Waals surface area contributed by atoms with Crippen LogP contribution < -0.4 is 19.7 Å². The number of hydrogen-bond acceptors (Lipinski definition) is 4. The summed E-state index contributed by atoms with van der Waals surface area (Å²) in [5, 5.41) is 4.93. The fourth-order valence-corrected chi connectivity index (χ4v) is 6.36. The van der Waals surface area contributed by atoms with Crippen molar-refractivity contribution in [3.8, 4) is 22.9 Å². The Morgan fingerprint density at radius 2 is 1.50 bits per heavy atom. The Hall–Kier alpha value is -4.33. The third kappa shape index (κ3) is 5.10. The number of aromatic nitrogens is 2.